The van der Waals surface area contributed by atoms with Crippen molar-refractivity contribution in [2.45, 2.75) is 13.3 Å². The predicted molar refractivity (Wildman–Crippen MR) is 121 cm³/mol. The second-order valence-corrected chi connectivity index (χ2v) is 7.26. The largest absolute Gasteiger partial charge is 0.323 e. The number of nitrogens with zero attached hydrogens (tertiary/aromatic N) is 2. The van der Waals surface area contributed by atoms with Crippen LogP contribution in [-0.2, 0) is 11.2 Å². The van der Waals surface area contributed by atoms with Crippen molar-refractivity contribution in [3.63, 3.8) is 0 Å². The van der Waals surface area contributed by atoms with Crippen molar-refractivity contribution < 1.29 is 9.59 Å². The molecule has 154 valence electrons. The van der Waals surface area contributed by atoms with Gasteiger partial charge in [-0.3, -0.25) is 9.59 Å². The molecule has 1 aromatic heterocycles. The monoisotopic (exact) mass is 410 g/mol. The van der Waals surface area contributed by atoms with Crippen LogP contribution in [0, 0.1) is 6.92 Å². The zero-order valence-corrected chi connectivity index (χ0v) is 17.1. The molecule has 2 N–H and O–H groups in total. The first kappa shape index (κ1) is 20.1. The van der Waals surface area contributed by atoms with E-state index in [0.29, 0.717) is 17.7 Å². The van der Waals surface area contributed by atoms with E-state index in [0.717, 1.165) is 22.5 Å². The Kier molecular flexibility index (Phi) is 5.89. The maximum absolute atomic E-state index is 12.6. The fourth-order valence-corrected chi connectivity index (χ4v) is 3.23. The van der Waals surface area contributed by atoms with Crippen LogP contribution in [0.15, 0.2) is 91.3 Å². The van der Waals surface area contributed by atoms with E-state index < -0.39 is 0 Å². The minimum absolute atomic E-state index is 0.114. The van der Waals surface area contributed by atoms with E-state index in [2.05, 4.69) is 15.7 Å². The highest BCUT2D eigenvalue weighted by molar-refractivity contribution is 6.04. The van der Waals surface area contributed by atoms with Crippen LogP contribution in [0.1, 0.15) is 21.5 Å². The minimum atomic E-state index is -0.198. The lowest BCUT2D eigenvalue weighted by atomic mass is 10.1. The second-order valence-electron chi connectivity index (χ2n) is 7.26. The molecule has 0 atom stereocenters. The molecule has 0 bridgehead atoms. The third-order valence-corrected chi connectivity index (χ3v) is 4.72. The Balaban J connectivity index is 1.44. The van der Waals surface area contributed by atoms with Gasteiger partial charge in [-0.2, -0.15) is 5.10 Å². The fraction of sp³-hybridized carbons (Fsp3) is 0.0800. The number of hydrogen-bond acceptors (Lipinski definition) is 3. The quantitative estimate of drug-likeness (QED) is 0.487. The van der Waals surface area contributed by atoms with Gasteiger partial charge in [0.15, 0.2) is 0 Å². The van der Waals surface area contributed by atoms with E-state index in [4.69, 9.17) is 0 Å². The van der Waals surface area contributed by atoms with Gasteiger partial charge in [0.05, 0.1) is 30.2 Å². The van der Waals surface area contributed by atoms with E-state index in [9.17, 15) is 9.59 Å². The molecule has 6 nitrogen and oxygen atoms in total. The molecule has 0 spiro atoms. The Labute approximate surface area is 180 Å². The molecule has 0 radical (unpaired) electrons. The molecule has 4 aromatic rings. The Morgan fingerprint density at radius 3 is 2.48 bits per heavy atom. The summed E-state index contributed by atoms with van der Waals surface area (Å²) in [6.45, 7) is 1.98. The topological polar surface area (TPSA) is 76.0 Å². The number of benzene rings is 3. The minimum Gasteiger partial charge on any atom is -0.323 e. The molecule has 0 aliphatic heterocycles. The van der Waals surface area contributed by atoms with Crippen LogP contribution < -0.4 is 10.6 Å². The molecular formula is C25H22N4O2. The number of aromatic nitrogens is 2. The number of carbonyl (C=O) groups excluding carboxylic acids is 2. The molecule has 2 amide bonds. The van der Waals surface area contributed by atoms with Crippen LogP contribution in [0.2, 0.25) is 0 Å². The Hall–Kier alpha value is -4.19. The zero-order chi connectivity index (χ0) is 21.6. The van der Waals surface area contributed by atoms with Gasteiger partial charge in [0.2, 0.25) is 5.91 Å². The third-order valence-electron chi connectivity index (χ3n) is 4.72. The van der Waals surface area contributed by atoms with Gasteiger partial charge in [-0.25, -0.2) is 4.68 Å². The van der Waals surface area contributed by atoms with Gasteiger partial charge in [-0.1, -0.05) is 48.5 Å². The summed E-state index contributed by atoms with van der Waals surface area (Å²) in [6, 6.07) is 24.4. The highest BCUT2D eigenvalue weighted by Crippen LogP contribution is 2.16. The lowest BCUT2D eigenvalue weighted by Crippen LogP contribution is -2.14. The summed E-state index contributed by atoms with van der Waals surface area (Å²) in [4.78, 5) is 24.9. The third kappa shape index (κ3) is 5.25. The van der Waals surface area contributed by atoms with Crippen LogP contribution in [0.5, 0.6) is 0 Å². The average Bonchev–Trinajstić information content (AvgIpc) is 3.23. The van der Waals surface area contributed by atoms with Crippen molar-refractivity contribution in [2.75, 3.05) is 10.6 Å². The maximum atomic E-state index is 12.6. The van der Waals surface area contributed by atoms with Gasteiger partial charge in [-0.15, -0.1) is 0 Å². The lowest BCUT2D eigenvalue weighted by molar-refractivity contribution is -0.115. The molecule has 0 fully saturated rings. The summed E-state index contributed by atoms with van der Waals surface area (Å²) < 4.78 is 1.63. The van der Waals surface area contributed by atoms with Gasteiger partial charge in [0.1, 0.15) is 0 Å². The van der Waals surface area contributed by atoms with E-state index in [-0.39, 0.29) is 11.8 Å². The van der Waals surface area contributed by atoms with Gasteiger partial charge < -0.3 is 10.6 Å². The number of aryl methyl sites for hydroxylation is 1. The SMILES string of the molecule is Cc1cccc(NC(=O)c2cccc(-n3cc(NC(=O)Cc4ccccc4)cn3)c2)c1. The number of nitrogens with one attached hydrogen (secondary N) is 2. The van der Waals surface area contributed by atoms with Crippen LogP contribution in [-0.4, -0.2) is 21.6 Å². The fourth-order valence-electron chi connectivity index (χ4n) is 3.23. The second kappa shape index (κ2) is 9.09. The normalized spacial score (nSPS) is 10.5. The summed E-state index contributed by atoms with van der Waals surface area (Å²) in [7, 11) is 0. The molecule has 6 heteroatoms. The number of hydrogen-bond donors (Lipinski definition) is 2. The molecular weight excluding hydrogens is 388 g/mol. The predicted octanol–water partition coefficient (Wildman–Crippen LogP) is 4.61. The summed E-state index contributed by atoms with van der Waals surface area (Å²) in [5.41, 5.74) is 4.60. The van der Waals surface area contributed by atoms with Gasteiger partial charge >= 0.3 is 0 Å². The van der Waals surface area contributed by atoms with E-state index in [1.807, 2.05) is 67.6 Å². The highest BCUT2D eigenvalue weighted by Gasteiger charge is 2.10. The molecule has 0 aliphatic carbocycles. The van der Waals surface area contributed by atoms with E-state index in [1.165, 1.54) is 0 Å². The van der Waals surface area contributed by atoms with Crippen LogP contribution in [0.3, 0.4) is 0 Å². The van der Waals surface area contributed by atoms with Crippen LogP contribution >= 0.6 is 0 Å². The van der Waals surface area contributed by atoms with Crippen molar-refractivity contribution in [3.8, 4) is 5.69 Å². The Bertz CT molecular complexity index is 1210. The molecule has 3 aromatic carbocycles. The highest BCUT2D eigenvalue weighted by atomic mass is 16.2. The summed E-state index contributed by atoms with van der Waals surface area (Å²) in [6.07, 6.45) is 3.60. The standard InChI is InChI=1S/C25H22N4O2/c1-18-7-5-11-21(13-18)28-25(31)20-10-6-12-23(15-20)29-17-22(16-26-29)27-24(30)14-19-8-3-2-4-9-19/h2-13,15-17H,14H2,1H3,(H,27,30)(H,28,31). The zero-order valence-electron chi connectivity index (χ0n) is 17.1. The summed E-state index contributed by atoms with van der Waals surface area (Å²) in [5.74, 6) is -0.312. The first-order valence-electron chi connectivity index (χ1n) is 9.94. The van der Waals surface area contributed by atoms with Crippen molar-refractivity contribution >= 4 is 23.2 Å². The van der Waals surface area contributed by atoms with E-state index in [1.54, 1.807) is 35.3 Å². The number of amides is 2. The van der Waals surface area contributed by atoms with Crippen molar-refractivity contribution in [3.05, 3.63) is 108 Å². The number of anilines is 2. The molecule has 0 saturated carbocycles. The molecule has 4 rings (SSSR count). The smallest absolute Gasteiger partial charge is 0.255 e. The molecule has 1 heterocycles. The summed E-state index contributed by atoms with van der Waals surface area (Å²) >= 11 is 0. The first-order valence-corrected chi connectivity index (χ1v) is 9.94. The van der Waals surface area contributed by atoms with Crippen molar-refractivity contribution in [2.24, 2.45) is 0 Å². The van der Waals surface area contributed by atoms with Gasteiger partial charge in [0, 0.05) is 11.3 Å². The number of rotatable bonds is 6. The molecule has 0 aliphatic rings. The Morgan fingerprint density at radius 2 is 1.68 bits per heavy atom. The molecule has 0 saturated heterocycles. The van der Waals surface area contributed by atoms with Gasteiger partial charge in [-0.05, 0) is 48.4 Å². The van der Waals surface area contributed by atoms with Crippen molar-refractivity contribution in [1.29, 1.82) is 0 Å². The number of carbonyl (C=O) groups is 2. The van der Waals surface area contributed by atoms with Crippen LogP contribution in [0.4, 0.5) is 11.4 Å². The van der Waals surface area contributed by atoms with Crippen LogP contribution in [0.25, 0.3) is 5.69 Å². The Morgan fingerprint density at radius 1 is 0.871 bits per heavy atom. The lowest BCUT2D eigenvalue weighted by Gasteiger charge is -2.08. The van der Waals surface area contributed by atoms with Crippen molar-refractivity contribution in [1.82, 2.24) is 9.78 Å². The van der Waals surface area contributed by atoms with E-state index >= 15 is 0 Å². The molecule has 0 unspecified atom stereocenters. The first-order chi connectivity index (χ1) is 15.1. The van der Waals surface area contributed by atoms with Gasteiger partial charge in [0.25, 0.3) is 5.91 Å². The maximum Gasteiger partial charge on any atom is 0.255 e. The molecule has 31 heavy (non-hydrogen) atoms. The summed E-state index contributed by atoms with van der Waals surface area (Å²) in [5, 5.41) is 10.1. The average molecular weight is 410 g/mol.